The molecule has 5 nitrogen and oxygen atoms in total. The van der Waals surface area contributed by atoms with Crippen LogP contribution >= 0.6 is 0 Å². The summed E-state index contributed by atoms with van der Waals surface area (Å²) < 4.78 is 11.4. The Kier molecular flexibility index (Phi) is 6.19. The Bertz CT molecular complexity index is 566. The van der Waals surface area contributed by atoms with Crippen LogP contribution in [0, 0.1) is 5.92 Å². The monoisotopic (exact) mass is 346 g/mol. The highest BCUT2D eigenvalue weighted by Crippen LogP contribution is 2.29. The van der Waals surface area contributed by atoms with Gasteiger partial charge in [-0.25, -0.2) is 4.79 Å². The number of carbonyl (C=O) groups excluding carboxylic acids is 1. The van der Waals surface area contributed by atoms with Crippen LogP contribution in [0.2, 0.25) is 0 Å². The number of benzene rings is 1. The van der Waals surface area contributed by atoms with E-state index in [-0.39, 0.29) is 12.1 Å². The van der Waals surface area contributed by atoms with Crippen LogP contribution in [0.5, 0.6) is 5.75 Å². The van der Waals surface area contributed by atoms with Gasteiger partial charge in [0.05, 0.1) is 19.8 Å². The first-order valence-corrected chi connectivity index (χ1v) is 9.46. The van der Waals surface area contributed by atoms with Crippen molar-refractivity contribution in [2.45, 2.75) is 57.8 Å². The molecule has 1 aliphatic heterocycles. The molecule has 1 saturated carbocycles. The molecule has 2 aliphatic rings. The Hall–Kier alpha value is -1.75. The molecule has 0 radical (unpaired) electrons. The van der Waals surface area contributed by atoms with Gasteiger partial charge in [-0.3, -0.25) is 0 Å². The van der Waals surface area contributed by atoms with E-state index in [1.807, 2.05) is 29.2 Å². The number of likely N-dealkylation sites (tertiary alicyclic amines) is 1. The van der Waals surface area contributed by atoms with Gasteiger partial charge in [-0.1, -0.05) is 24.6 Å². The second-order valence-corrected chi connectivity index (χ2v) is 7.24. The van der Waals surface area contributed by atoms with Gasteiger partial charge in [-0.15, -0.1) is 0 Å². The summed E-state index contributed by atoms with van der Waals surface area (Å²) in [4.78, 5) is 14.3. The summed E-state index contributed by atoms with van der Waals surface area (Å²) in [7, 11) is 1.68. The molecule has 5 heteroatoms. The van der Waals surface area contributed by atoms with Crippen LogP contribution in [0.25, 0.3) is 0 Å². The second-order valence-electron chi connectivity index (χ2n) is 7.24. The van der Waals surface area contributed by atoms with Gasteiger partial charge in [0.2, 0.25) is 0 Å². The number of amides is 2. The van der Waals surface area contributed by atoms with E-state index < -0.39 is 0 Å². The first-order chi connectivity index (χ1) is 12.2. The van der Waals surface area contributed by atoms with E-state index in [4.69, 9.17) is 9.47 Å². The number of nitrogens with one attached hydrogen (secondary N) is 1. The lowest BCUT2D eigenvalue weighted by Gasteiger charge is -2.36. The van der Waals surface area contributed by atoms with E-state index >= 15 is 0 Å². The summed E-state index contributed by atoms with van der Waals surface area (Å²) >= 11 is 0. The topological polar surface area (TPSA) is 50.8 Å². The minimum Gasteiger partial charge on any atom is -0.496 e. The predicted molar refractivity (Wildman–Crippen MR) is 97.7 cm³/mol. The zero-order valence-electron chi connectivity index (χ0n) is 15.4. The Morgan fingerprint density at radius 1 is 1.24 bits per heavy atom. The molecule has 1 heterocycles. The molecule has 138 valence electrons. The maximum atomic E-state index is 12.4. The van der Waals surface area contributed by atoms with Crippen molar-refractivity contribution in [1.29, 1.82) is 0 Å². The van der Waals surface area contributed by atoms with Crippen molar-refractivity contribution < 1.29 is 14.3 Å². The molecule has 0 unspecified atom stereocenters. The van der Waals surface area contributed by atoms with Gasteiger partial charge in [0, 0.05) is 24.7 Å². The normalized spacial score (nSPS) is 20.0. The van der Waals surface area contributed by atoms with Crippen LogP contribution in [0.15, 0.2) is 24.3 Å². The highest BCUT2D eigenvalue weighted by Gasteiger charge is 2.28. The van der Waals surface area contributed by atoms with Crippen LogP contribution in [0.4, 0.5) is 4.79 Å². The summed E-state index contributed by atoms with van der Waals surface area (Å²) in [6.07, 6.45) is 5.79. The molecule has 0 bridgehead atoms. The summed E-state index contributed by atoms with van der Waals surface area (Å²) in [5.74, 6) is 1.54. The van der Waals surface area contributed by atoms with E-state index in [0.717, 1.165) is 37.2 Å². The molecule has 1 aromatic carbocycles. The smallest absolute Gasteiger partial charge is 0.317 e. The maximum absolute atomic E-state index is 12.4. The molecule has 2 amide bonds. The summed E-state index contributed by atoms with van der Waals surface area (Å²) in [6, 6.07) is 8.32. The zero-order chi connectivity index (χ0) is 17.6. The van der Waals surface area contributed by atoms with Crippen LogP contribution in [-0.4, -0.2) is 43.3 Å². The molecule has 0 spiro atoms. The van der Waals surface area contributed by atoms with Gasteiger partial charge < -0.3 is 19.7 Å². The number of nitrogens with zero attached hydrogens (tertiary/aromatic N) is 1. The summed E-state index contributed by atoms with van der Waals surface area (Å²) in [5.41, 5.74) is 1.07. The summed E-state index contributed by atoms with van der Waals surface area (Å²) in [6.45, 7) is 4.21. The maximum Gasteiger partial charge on any atom is 0.317 e. The van der Waals surface area contributed by atoms with Gasteiger partial charge >= 0.3 is 6.03 Å². The number of hydrogen-bond acceptors (Lipinski definition) is 3. The van der Waals surface area contributed by atoms with Gasteiger partial charge in [0.25, 0.3) is 0 Å². The number of piperidine rings is 1. The molecule has 1 aromatic rings. The van der Waals surface area contributed by atoms with Gasteiger partial charge in [-0.2, -0.15) is 0 Å². The number of para-hydroxylation sites is 1. The largest absolute Gasteiger partial charge is 0.496 e. The van der Waals surface area contributed by atoms with Crippen LogP contribution in [0.1, 0.15) is 44.6 Å². The predicted octanol–water partition coefficient (Wildman–Crippen LogP) is 3.57. The number of methoxy groups -OCH3 is 1. The first kappa shape index (κ1) is 18.1. The number of carbonyl (C=O) groups is 1. The molecule has 2 fully saturated rings. The third kappa shape index (κ3) is 4.66. The van der Waals surface area contributed by atoms with Crippen molar-refractivity contribution in [3.63, 3.8) is 0 Å². The Labute approximate surface area is 150 Å². The molecular weight excluding hydrogens is 316 g/mol. The third-order valence-electron chi connectivity index (χ3n) is 5.60. The van der Waals surface area contributed by atoms with Crippen molar-refractivity contribution in [3.05, 3.63) is 29.8 Å². The average Bonchev–Trinajstić information content (AvgIpc) is 2.59. The molecule has 1 N–H and O–H groups in total. The highest BCUT2D eigenvalue weighted by molar-refractivity contribution is 5.74. The number of urea groups is 1. The lowest BCUT2D eigenvalue weighted by Crippen LogP contribution is -2.50. The Balaban J connectivity index is 1.40. The molecule has 3 rings (SSSR count). The highest BCUT2D eigenvalue weighted by atomic mass is 16.5. The van der Waals surface area contributed by atoms with Crippen molar-refractivity contribution >= 4 is 6.03 Å². The molecule has 25 heavy (non-hydrogen) atoms. The van der Waals surface area contributed by atoms with Crippen LogP contribution < -0.4 is 10.1 Å². The lowest BCUT2D eigenvalue weighted by atomic mass is 9.80. The van der Waals surface area contributed by atoms with E-state index in [1.165, 1.54) is 19.3 Å². The van der Waals surface area contributed by atoms with Crippen LogP contribution in [-0.2, 0) is 11.3 Å². The standard InChI is InChI=1S/C20H30N2O3/c1-15(16-7-5-8-16)21-20(23)22-12-10-18(11-13-22)25-14-17-6-3-4-9-19(17)24-2/h3-4,6,9,15-16,18H,5,7-8,10-14H2,1-2H3,(H,21,23)/t15-/m0/s1. The second kappa shape index (κ2) is 8.56. The third-order valence-corrected chi connectivity index (χ3v) is 5.60. The average molecular weight is 346 g/mol. The zero-order valence-corrected chi connectivity index (χ0v) is 15.4. The molecule has 1 aliphatic carbocycles. The summed E-state index contributed by atoms with van der Waals surface area (Å²) in [5, 5.41) is 3.17. The minimum atomic E-state index is 0.0857. The van der Waals surface area contributed by atoms with Gasteiger partial charge in [0.1, 0.15) is 5.75 Å². The van der Waals surface area contributed by atoms with Crippen molar-refractivity contribution in [2.75, 3.05) is 20.2 Å². The number of ether oxygens (including phenoxy) is 2. The molecule has 0 aromatic heterocycles. The lowest BCUT2D eigenvalue weighted by molar-refractivity contribution is 0.00341. The van der Waals surface area contributed by atoms with Gasteiger partial charge in [-0.05, 0) is 44.6 Å². The minimum absolute atomic E-state index is 0.0857. The Morgan fingerprint density at radius 3 is 2.60 bits per heavy atom. The Morgan fingerprint density at radius 2 is 1.96 bits per heavy atom. The molecule has 1 atom stereocenters. The number of hydrogen-bond donors (Lipinski definition) is 1. The quantitative estimate of drug-likeness (QED) is 0.857. The fourth-order valence-electron chi connectivity index (χ4n) is 3.60. The molecular formula is C20H30N2O3. The van der Waals surface area contributed by atoms with Crippen LogP contribution in [0.3, 0.4) is 0 Å². The molecule has 1 saturated heterocycles. The first-order valence-electron chi connectivity index (χ1n) is 9.46. The fraction of sp³-hybridized carbons (Fsp3) is 0.650. The van der Waals surface area contributed by atoms with E-state index in [1.54, 1.807) is 7.11 Å². The van der Waals surface area contributed by atoms with Crippen molar-refractivity contribution in [1.82, 2.24) is 10.2 Å². The fourth-order valence-corrected chi connectivity index (χ4v) is 3.60. The van der Waals surface area contributed by atoms with Crippen molar-refractivity contribution in [2.24, 2.45) is 5.92 Å². The van der Waals surface area contributed by atoms with Crippen molar-refractivity contribution in [3.8, 4) is 5.75 Å². The van der Waals surface area contributed by atoms with E-state index in [0.29, 0.717) is 18.6 Å². The van der Waals surface area contributed by atoms with Gasteiger partial charge in [0.15, 0.2) is 0 Å². The SMILES string of the molecule is COc1ccccc1COC1CCN(C(=O)N[C@@H](C)C2CCC2)CC1. The number of rotatable bonds is 6. The van der Waals surface area contributed by atoms with E-state index in [9.17, 15) is 4.79 Å². The van der Waals surface area contributed by atoms with E-state index in [2.05, 4.69) is 12.2 Å².